The third-order valence-corrected chi connectivity index (χ3v) is 6.28. The first kappa shape index (κ1) is 16.2. The van der Waals surface area contributed by atoms with Crippen LogP contribution in [0.2, 0.25) is 0 Å². The van der Waals surface area contributed by atoms with Gasteiger partial charge in [0.15, 0.2) is 9.84 Å². The molecule has 0 spiro atoms. The van der Waals surface area contributed by atoms with Gasteiger partial charge in [0.1, 0.15) is 5.69 Å². The molecule has 1 N–H and O–H groups in total. The van der Waals surface area contributed by atoms with Crippen LogP contribution in [0.15, 0.2) is 12.3 Å². The van der Waals surface area contributed by atoms with E-state index in [1.807, 2.05) is 4.90 Å². The highest BCUT2D eigenvalue weighted by atomic mass is 32.2. The largest absolute Gasteiger partial charge is 0.350 e. The molecular weight excluding hydrogens is 316 g/mol. The second-order valence-corrected chi connectivity index (χ2v) is 8.71. The normalized spacial score (nSPS) is 24.6. The van der Waals surface area contributed by atoms with Crippen LogP contribution in [-0.4, -0.2) is 59.8 Å². The Morgan fingerprint density at radius 1 is 1.30 bits per heavy atom. The van der Waals surface area contributed by atoms with Gasteiger partial charge in [-0.3, -0.25) is 4.79 Å². The highest BCUT2D eigenvalue weighted by Crippen LogP contribution is 2.19. The zero-order valence-corrected chi connectivity index (χ0v) is 14.1. The number of carbonyl (C=O) groups excluding carboxylic acids is 1. The van der Waals surface area contributed by atoms with E-state index in [1.165, 1.54) is 0 Å². The maximum absolute atomic E-state index is 12.5. The molecule has 126 valence electrons. The van der Waals surface area contributed by atoms with Crippen LogP contribution in [0.25, 0.3) is 0 Å². The quantitative estimate of drug-likeness (QED) is 0.882. The molecule has 7 nitrogen and oxygen atoms in total. The SMILES string of the molecule is CC1CCN(C(=O)c2ccnc(NC3CCS(=O)(=O)C3)n2)CC1. The molecule has 1 aromatic heterocycles. The van der Waals surface area contributed by atoms with Crippen molar-refractivity contribution in [3.05, 3.63) is 18.0 Å². The van der Waals surface area contributed by atoms with Crippen LogP contribution in [0, 0.1) is 5.92 Å². The van der Waals surface area contributed by atoms with Crippen molar-refractivity contribution in [2.75, 3.05) is 29.9 Å². The summed E-state index contributed by atoms with van der Waals surface area (Å²) in [6.45, 7) is 3.71. The maximum Gasteiger partial charge on any atom is 0.272 e. The number of likely N-dealkylation sites (tertiary alicyclic amines) is 1. The number of amides is 1. The van der Waals surface area contributed by atoms with Crippen LogP contribution in [0.4, 0.5) is 5.95 Å². The summed E-state index contributed by atoms with van der Waals surface area (Å²) >= 11 is 0. The Morgan fingerprint density at radius 3 is 2.70 bits per heavy atom. The van der Waals surface area contributed by atoms with Gasteiger partial charge in [-0.15, -0.1) is 0 Å². The molecule has 0 saturated carbocycles. The third-order valence-electron chi connectivity index (χ3n) is 4.51. The number of rotatable bonds is 3. The van der Waals surface area contributed by atoms with E-state index in [1.54, 1.807) is 12.3 Å². The van der Waals surface area contributed by atoms with Crippen molar-refractivity contribution in [2.24, 2.45) is 5.92 Å². The smallest absolute Gasteiger partial charge is 0.272 e. The van der Waals surface area contributed by atoms with E-state index < -0.39 is 9.84 Å². The zero-order chi connectivity index (χ0) is 16.4. The summed E-state index contributed by atoms with van der Waals surface area (Å²) in [7, 11) is -2.96. The van der Waals surface area contributed by atoms with E-state index in [2.05, 4.69) is 22.2 Å². The second kappa shape index (κ2) is 6.43. The molecule has 0 bridgehead atoms. The standard InChI is InChI=1S/C15H22N4O3S/c1-11-3-7-19(8-4-11)14(20)13-2-6-16-15(18-13)17-12-5-9-23(21,22)10-12/h2,6,11-12H,3-5,7-10H2,1H3,(H,16,17,18). The minimum atomic E-state index is -2.96. The van der Waals surface area contributed by atoms with Crippen LogP contribution < -0.4 is 5.32 Å². The number of hydrogen-bond donors (Lipinski definition) is 1. The van der Waals surface area contributed by atoms with Crippen LogP contribution in [0.5, 0.6) is 0 Å². The molecule has 2 saturated heterocycles. The lowest BCUT2D eigenvalue weighted by molar-refractivity contribution is 0.0691. The number of aromatic nitrogens is 2. The molecule has 1 atom stereocenters. The van der Waals surface area contributed by atoms with Gasteiger partial charge in [-0.2, -0.15) is 0 Å². The molecular formula is C15H22N4O3S. The molecule has 23 heavy (non-hydrogen) atoms. The Hall–Kier alpha value is -1.70. The topological polar surface area (TPSA) is 92.3 Å². The number of nitrogens with one attached hydrogen (secondary N) is 1. The molecule has 2 aliphatic heterocycles. The van der Waals surface area contributed by atoms with E-state index in [0.717, 1.165) is 25.9 Å². The Bertz CT molecular complexity index is 684. The van der Waals surface area contributed by atoms with E-state index in [-0.39, 0.29) is 23.5 Å². The molecule has 3 heterocycles. The number of carbonyl (C=O) groups is 1. The van der Waals surface area contributed by atoms with Gasteiger partial charge in [-0.05, 0) is 31.2 Å². The molecule has 2 fully saturated rings. The Labute approximate surface area is 136 Å². The van der Waals surface area contributed by atoms with Crippen LogP contribution >= 0.6 is 0 Å². The first-order valence-electron chi connectivity index (χ1n) is 8.02. The molecule has 0 aliphatic carbocycles. The van der Waals surface area contributed by atoms with Gasteiger partial charge in [-0.25, -0.2) is 18.4 Å². The van der Waals surface area contributed by atoms with Crippen molar-refractivity contribution in [1.29, 1.82) is 0 Å². The van der Waals surface area contributed by atoms with Gasteiger partial charge in [-0.1, -0.05) is 6.92 Å². The van der Waals surface area contributed by atoms with Crippen LogP contribution in [0.1, 0.15) is 36.7 Å². The lowest BCUT2D eigenvalue weighted by Crippen LogP contribution is -2.38. The maximum atomic E-state index is 12.5. The summed E-state index contributed by atoms with van der Waals surface area (Å²) in [5.74, 6) is 1.18. The predicted octanol–water partition coefficient (Wildman–Crippen LogP) is 0.948. The fourth-order valence-corrected chi connectivity index (χ4v) is 4.69. The monoisotopic (exact) mass is 338 g/mol. The molecule has 1 unspecified atom stereocenters. The van der Waals surface area contributed by atoms with Gasteiger partial charge >= 0.3 is 0 Å². The van der Waals surface area contributed by atoms with E-state index in [9.17, 15) is 13.2 Å². The summed E-state index contributed by atoms with van der Waals surface area (Å²) in [5, 5.41) is 3.03. The van der Waals surface area contributed by atoms with E-state index in [4.69, 9.17) is 0 Å². The molecule has 3 rings (SSSR count). The van der Waals surface area contributed by atoms with E-state index in [0.29, 0.717) is 24.0 Å². The molecule has 0 aromatic carbocycles. The first-order valence-corrected chi connectivity index (χ1v) is 9.84. The second-order valence-electron chi connectivity index (χ2n) is 6.48. The molecule has 1 amide bonds. The third kappa shape index (κ3) is 3.99. The lowest BCUT2D eigenvalue weighted by atomic mass is 9.99. The van der Waals surface area contributed by atoms with Crippen LogP contribution in [0.3, 0.4) is 0 Å². The van der Waals surface area contributed by atoms with Gasteiger partial charge in [0, 0.05) is 25.3 Å². The summed E-state index contributed by atoms with van der Waals surface area (Å²) < 4.78 is 23.0. The minimum Gasteiger partial charge on any atom is -0.350 e. The first-order chi connectivity index (χ1) is 10.9. The molecule has 1 aromatic rings. The molecule has 8 heteroatoms. The summed E-state index contributed by atoms with van der Waals surface area (Å²) in [5.41, 5.74) is 0.359. The number of piperidine rings is 1. The van der Waals surface area contributed by atoms with Gasteiger partial charge in [0.2, 0.25) is 5.95 Å². The van der Waals surface area contributed by atoms with Gasteiger partial charge < -0.3 is 10.2 Å². The minimum absolute atomic E-state index is 0.0820. The zero-order valence-electron chi connectivity index (χ0n) is 13.2. The fraction of sp³-hybridized carbons (Fsp3) is 0.667. The lowest BCUT2D eigenvalue weighted by Gasteiger charge is -2.30. The van der Waals surface area contributed by atoms with Crippen LogP contribution in [-0.2, 0) is 9.84 Å². The van der Waals surface area contributed by atoms with Crippen molar-refractivity contribution in [2.45, 2.75) is 32.2 Å². The average molecular weight is 338 g/mol. The van der Waals surface area contributed by atoms with Crippen molar-refractivity contribution in [3.63, 3.8) is 0 Å². The Morgan fingerprint density at radius 2 is 2.04 bits per heavy atom. The Balaban J connectivity index is 1.66. The van der Waals surface area contributed by atoms with Crippen molar-refractivity contribution in [1.82, 2.24) is 14.9 Å². The average Bonchev–Trinajstić information content (AvgIpc) is 2.86. The summed E-state index contributed by atoms with van der Waals surface area (Å²) in [4.78, 5) is 22.7. The number of sulfone groups is 1. The van der Waals surface area contributed by atoms with Gasteiger partial charge in [0.05, 0.1) is 11.5 Å². The number of anilines is 1. The Kier molecular flexibility index (Phi) is 4.52. The van der Waals surface area contributed by atoms with Crippen molar-refractivity contribution < 1.29 is 13.2 Å². The highest BCUT2D eigenvalue weighted by Gasteiger charge is 2.28. The predicted molar refractivity (Wildman–Crippen MR) is 87.0 cm³/mol. The number of hydrogen-bond acceptors (Lipinski definition) is 6. The van der Waals surface area contributed by atoms with Crippen molar-refractivity contribution in [3.8, 4) is 0 Å². The number of nitrogens with zero attached hydrogens (tertiary/aromatic N) is 3. The summed E-state index contributed by atoms with van der Waals surface area (Å²) in [6.07, 6.45) is 4.12. The molecule has 2 aliphatic rings. The highest BCUT2D eigenvalue weighted by molar-refractivity contribution is 7.91. The van der Waals surface area contributed by atoms with E-state index >= 15 is 0 Å². The van der Waals surface area contributed by atoms with Gasteiger partial charge in [0.25, 0.3) is 5.91 Å². The summed E-state index contributed by atoms with van der Waals surface area (Å²) in [6, 6.07) is 1.43. The fourth-order valence-electron chi connectivity index (χ4n) is 3.01. The molecule has 0 radical (unpaired) electrons. The van der Waals surface area contributed by atoms with Crippen molar-refractivity contribution >= 4 is 21.7 Å².